The number of hydrogen-bond donors (Lipinski definition) is 0. The Morgan fingerprint density at radius 1 is 1.64 bits per heavy atom. The molecule has 0 aliphatic carbocycles. The first-order chi connectivity index (χ1) is 5.29. The van der Waals surface area contributed by atoms with E-state index in [1.807, 2.05) is 0 Å². The zero-order valence-corrected chi connectivity index (χ0v) is 6.91. The van der Waals surface area contributed by atoms with Gasteiger partial charge in [-0.1, -0.05) is 0 Å². The maximum atomic E-state index is 10.9. The Labute approximate surface area is 70.2 Å². The Hall–Kier alpha value is -1.10. The highest BCUT2D eigenvalue weighted by Crippen LogP contribution is 2.17. The molecule has 0 N–H and O–H groups in total. The van der Waals surface area contributed by atoms with Gasteiger partial charge in [0.25, 0.3) is 0 Å². The van der Waals surface area contributed by atoms with Crippen molar-refractivity contribution in [1.29, 1.82) is 0 Å². The summed E-state index contributed by atoms with van der Waals surface area (Å²) in [6.07, 6.45) is 2.67. The zero-order chi connectivity index (χ0) is 7.84. The van der Waals surface area contributed by atoms with E-state index in [2.05, 4.69) is 20.9 Å². The van der Waals surface area contributed by atoms with Crippen molar-refractivity contribution < 1.29 is 9.15 Å². The number of halogens is 1. The Morgan fingerprint density at radius 3 is 3.27 bits per heavy atom. The molecule has 0 radical (unpaired) electrons. The minimum Gasteiger partial charge on any atom is -0.618 e. The third kappa shape index (κ3) is 0.883. The molecule has 0 aliphatic heterocycles. The fourth-order valence-electron chi connectivity index (χ4n) is 0.832. The van der Waals surface area contributed by atoms with Gasteiger partial charge < -0.3 is 9.62 Å². The first-order valence-corrected chi connectivity index (χ1v) is 3.69. The molecule has 0 fully saturated rings. The van der Waals surface area contributed by atoms with Gasteiger partial charge in [-0.2, -0.15) is 4.73 Å². The minimum atomic E-state index is 0.354. The molecule has 2 rings (SSSR count). The second kappa shape index (κ2) is 2.20. The third-order valence-corrected chi connectivity index (χ3v) is 2.05. The molecule has 2 aromatic heterocycles. The summed E-state index contributed by atoms with van der Waals surface area (Å²) in [5.41, 5.74) is 1.14. The molecule has 0 saturated carbocycles. The van der Waals surface area contributed by atoms with E-state index >= 15 is 0 Å². The second-order valence-corrected chi connectivity index (χ2v) is 2.75. The molecule has 0 saturated heterocycles. The number of pyridine rings is 1. The predicted octanol–water partition coefficient (Wildman–Crippen LogP) is 1.22. The Bertz CT molecular complexity index is 398. The topological polar surface area (TPSA) is 53.0 Å². The average molecular weight is 215 g/mol. The van der Waals surface area contributed by atoms with Crippen LogP contribution in [0.2, 0.25) is 0 Å². The van der Waals surface area contributed by atoms with Crippen molar-refractivity contribution in [2.24, 2.45) is 0 Å². The van der Waals surface area contributed by atoms with E-state index < -0.39 is 0 Å². The lowest BCUT2D eigenvalue weighted by Crippen LogP contribution is -2.26. The number of oxazole rings is 1. The highest BCUT2D eigenvalue weighted by molar-refractivity contribution is 9.10. The SMILES string of the molecule is [O-][n+]1ccc2ncoc2c1Br. The van der Waals surface area contributed by atoms with Gasteiger partial charge in [0.1, 0.15) is 5.52 Å². The van der Waals surface area contributed by atoms with Crippen molar-refractivity contribution in [2.75, 3.05) is 0 Å². The smallest absolute Gasteiger partial charge is 0.304 e. The van der Waals surface area contributed by atoms with Gasteiger partial charge >= 0.3 is 4.60 Å². The molecule has 0 amide bonds. The second-order valence-electron chi connectivity index (χ2n) is 2.00. The average Bonchev–Trinajstić information content (AvgIpc) is 2.45. The van der Waals surface area contributed by atoms with Gasteiger partial charge in [0, 0.05) is 22.0 Å². The molecule has 0 atom stereocenters. The van der Waals surface area contributed by atoms with Gasteiger partial charge in [-0.25, -0.2) is 4.98 Å². The standard InChI is InChI=1S/C6H3BrN2O2/c7-6-5-4(8-3-11-5)1-2-9(6)10/h1-3H. The number of hydrogen-bond acceptors (Lipinski definition) is 3. The van der Waals surface area contributed by atoms with Crippen LogP contribution in [0.1, 0.15) is 0 Å². The maximum Gasteiger partial charge on any atom is 0.304 e. The fraction of sp³-hybridized carbons (Fsp3) is 0. The summed E-state index contributed by atoms with van der Waals surface area (Å²) in [6.45, 7) is 0. The van der Waals surface area contributed by atoms with E-state index in [1.165, 1.54) is 12.6 Å². The van der Waals surface area contributed by atoms with Crippen LogP contribution in [-0.2, 0) is 0 Å². The fourth-order valence-corrected chi connectivity index (χ4v) is 1.25. The van der Waals surface area contributed by atoms with E-state index in [0.29, 0.717) is 20.4 Å². The van der Waals surface area contributed by atoms with Gasteiger partial charge in [-0.15, -0.1) is 0 Å². The summed E-state index contributed by atoms with van der Waals surface area (Å²) in [5, 5.41) is 10.9. The number of nitrogens with zero attached hydrogens (tertiary/aromatic N) is 2. The van der Waals surface area contributed by atoms with E-state index in [-0.39, 0.29) is 0 Å². The molecule has 0 unspecified atom stereocenters. The summed E-state index contributed by atoms with van der Waals surface area (Å²) in [5.74, 6) is 0. The lowest BCUT2D eigenvalue weighted by molar-refractivity contribution is -0.615. The monoisotopic (exact) mass is 214 g/mol. The molecule has 0 aromatic carbocycles. The van der Waals surface area contributed by atoms with Gasteiger partial charge in [0.2, 0.25) is 5.58 Å². The molecule has 4 nitrogen and oxygen atoms in total. The van der Waals surface area contributed by atoms with Gasteiger partial charge in [-0.3, -0.25) is 0 Å². The van der Waals surface area contributed by atoms with E-state index in [9.17, 15) is 5.21 Å². The summed E-state index contributed by atoms with van der Waals surface area (Å²) in [7, 11) is 0. The van der Waals surface area contributed by atoms with Crippen molar-refractivity contribution >= 4 is 27.0 Å². The van der Waals surface area contributed by atoms with Crippen LogP contribution in [-0.4, -0.2) is 4.98 Å². The lowest BCUT2D eigenvalue weighted by atomic mass is 10.4. The van der Waals surface area contributed by atoms with Crippen LogP contribution in [0.4, 0.5) is 0 Å². The molecule has 0 aliphatic rings. The first kappa shape index (κ1) is 6.60. The molecule has 2 heterocycles. The summed E-state index contributed by atoms with van der Waals surface area (Å²) in [6, 6.07) is 1.59. The van der Waals surface area contributed by atoms with Crippen LogP contribution < -0.4 is 4.73 Å². The summed E-state index contributed by atoms with van der Waals surface area (Å²) in [4.78, 5) is 3.87. The van der Waals surface area contributed by atoms with Crippen LogP contribution in [0.3, 0.4) is 0 Å². The zero-order valence-electron chi connectivity index (χ0n) is 5.32. The van der Waals surface area contributed by atoms with E-state index in [0.717, 1.165) is 0 Å². The number of rotatable bonds is 0. The van der Waals surface area contributed by atoms with E-state index in [4.69, 9.17) is 4.42 Å². The summed E-state index contributed by atoms with van der Waals surface area (Å²) >= 11 is 3.08. The van der Waals surface area contributed by atoms with Crippen LogP contribution in [0.5, 0.6) is 0 Å². The van der Waals surface area contributed by atoms with Gasteiger partial charge in [0.05, 0.1) is 0 Å². The number of fused-ring (bicyclic) bond motifs is 1. The summed E-state index contributed by atoms with van der Waals surface area (Å²) < 4.78 is 5.98. The van der Waals surface area contributed by atoms with Crippen molar-refractivity contribution in [3.63, 3.8) is 0 Å². The predicted molar refractivity (Wildman–Crippen MR) is 40.7 cm³/mol. The molecule has 0 spiro atoms. The lowest BCUT2D eigenvalue weighted by Gasteiger charge is -1.95. The number of aromatic nitrogens is 2. The Morgan fingerprint density at radius 2 is 2.45 bits per heavy atom. The van der Waals surface area contributed by atoms with Crippen LogP contribution in [0.15, 0.2) is 27.7 Å². The molecule has 0 bridgehead atoms. The normalized spacial score (nSPS) is 10.6. The van der Waals surface area contributed by atoms with Crippen molar-refractivity contribution in [1.82, 2.24) is 4.98 Å². The molecule has 5 heteroatoms. The van der Waals surface area contributed by atoms with Crippen molar-refractivity contribution in [3.05, 3.63) is 28.5 Å². The van der Waals surface area contributed by atoms with Crippen molar-refractivity contribution in [2.45, 2.75) is 0 Å². The highest BCUT2D eigenvalue weighted by atomic mass is 79.9. The highest BCUT2D eigenvalue weighted by Gasteiger charge is 2.10. The van der Waals surface area contributed by atoms with Gasteiger partial charge in [-0.05, 0) is 0 Å². The molecular weight excluding hydrogens is 212 g/mol. The van der Waals surface area contributed by atoms with E-state index in [1.54, 1.807) is 6.07 Å². The maximum absolute atomic E-state index is 10.9. The largest absolute Gasteiger partial charge is 0.618 e. The molecule has 11 heavy (non-hydrogen) atoms. The van der Waals surface area contributed by atoms with Crippen LogP contribution in [0.25, 0.3) is 11.1 Å². The molecule has 2 aromatic rings. The third-order valence-electron chi connectivity index (χ3n) is 1.34. The Balaban J connectivity index is 2.93. The van der Waals surface area contributed by atoms with Crippen LogP contribution >= 0.6 is 15.9 Å². The van der Waals surface area contributed by atoms with Gasteiger partial charge in [0.15, 0.2) is 12.6 Å². The van der Waals surface area contributed by atoms with Crippen molar-refractivity contribution in [3.8, 4) is 0 Å². The Kier molecular flexibility index (Phi) is 1.32. The first-order valence-electron chi connectivity index (χ1n) is 2.90. The quantitative estimate of drug-likeness (QED) is 0.377. The molecular formula is C6H3BrN2O2. The minimum absolute atomic E-state index is 0.354. The molecule has 56 valence electrons. The van der Waals surface area contributed by atoms with Crippen LogP contribution in [0, 0.1) is 5.21 Å².